The van der Waals surface area contributed by atoms with Crippen LogP contribution in [0.2, 0.25) is 0 Å². The van der Waals surface area contributed by atoms with Crippen molar-refractivity contribution < 1.29 is 4.79 Å². The number of nitrogens with one attached hydrogen (secondary N) is 1. The van der Waals surface area contributed by atoms with Crippen LogP contribution in [0.4, 0.5) is 0 Å². The maximum Gasteiger partial charge on any atom is 0.243 e. The summed E-state index contributed by atoms with van der Waals surface area (Å²) in [6, 6.07) is 0. The largest absolute Gasteiger partial charge is 0.353 e. The lowest BCUT2D eigenvalue weighted by atomic mass is 10.6. The fourth-order valence-electron chi connectivity index (χ4n) is 0.246. The fraction of sp³-hybridized carbons (Fsp3) is 0.400. The van der Waals surface area contributed by atoms with Crippen LogP contribution < -0.4 is 5.32 Å². The molecule has 7 heavy (non-hydrogen) atoms. The summed E-state index contributed by atoms with van der Waals surface area (Å²) in [7, 11) is 0. The summed E-state index contributed by atoms with van der Waals surface area (Å²) in [6.45, 7) is 5.80. The van der Waals surface area contributed by atoms with Gasteiger partial charge in [0.15, 0.2) is 0 Å². The SMILES string of the molecule is C=CC(=O)NCC. The summed E-state index contributed by atoms with van der Waals surface area (Å²) in [6.07, 6.45) is 1.25. The third kappa shape index (κ3) is 3.03. The molecule has 0 heterocycles. The molecule has 2 nitrogen and oxygen atoms in total. The second-order valence-corrected chi connectivity index (χ2v) is 1.10. The Morgan fingerprint density at radius 1 is 2.00 bits per heavy atom. The van der Waals surface area contributed by atoms with Gasteiger partial charge in [0.05, 0.1) is 0 Å². The number of carbonyl (C=O) groups excluding carboxylic acids is 1. The molecule has 0 unspecified atom stereocenters. The minimum Gasteiger partial charge on any atom is -0.353 e. The van der Waals surface area contributed by atoms with Crippen molar-refractivity contribution in [2.24, 2.45) is 0 Å². The molecule has 0 aromatic rings. The molecule has 0 aliphatic carbocycles. The van der Waals surface area contributed by atoms with Crippen LogP contribution in [0.3, 0.4) is 0 Å². The molecule has 0 saturated carbocycles. The van der Waals surface area contributed by atoms with E-state index >= 15 is 0 Å². The van der Waals surface area contributed by atoms with Gasteiger partial charge in [-0.05, 0) is 13.0 Å². The lowest BCUT2D eigenvalue weighted by molar-refractivity contribution is -0.116. The Hall–Kier alpha value is -0.790. The van der Waals surface area contributed by atoms with Crippen LogP contribution in [0.5, 0.6) is 0 Å². The fourth-order valence-corrected chi connectivity index (χ4v) is 0.246. The van der Waals surface area contributed by atoms with Gasteiger partial charge in [-0.25, -0.2) is 0 Å². The van der Waals surface area contributed by atoms with E-state index in [1.807, 2.05) is 6.92 Å². The van der Waals surface area contributed by atoms with Crippen molar-refractivity contribution in [2.45, 2.75) is 6.92 Å². The maximum absolute atomic E-state index is 10.2. The molecule has 0 spiro atoms. The van der Waals surface area contributed by atoms with Gasteiger partial charge in [-0.2, -0.15) is 0 Å². The molecule has 40 valence electrons. The highest BCUT2D eigenvalue weighted by atomic mass is 16.1. The van der Waals surface area contributed by atoms with E-state index in [1.165, 1.54) is 6.08 Å². The van der Waals surface area contributed by atoms with E-state index in [1.54, 1.807) is 0 Å². The molecular formula is C5H9NO. The number of rotatable bonds is 2. The summed E-state index contributed by atoms with van der Waals surface area (Å²) in [5.74, 6) is -0.109. The number of hydrogen-bond donors (Lipinski definition) is 1. The lowest BCUT2D eigenvalue weighted by Gasteiger charge is -1.90. The Bertz CT molecular complexity index is 78.1. The van der Waals surface area contributed by atoms with E-state index in [2.05, 4.69) is 11.9 Å². The van der Waals surface area contributed by atoms with Gasteiger partial charge >= 0.3 is 0 Å². The van der Waals surface area contributed by atoms with Crippen molar-refractivity contribution >= 4 is 5.91 Å². The first-order valence-corrected chi connectivity index (χ1v) is 2.21. The lowest BCUT2D eigenvalue weighted by Crippen LogP contribution is -2.19. The molecule has 1 amide bonds. The topological polar surface area (TPSA) is 29.1 Å². The van der Waals surface area contributed by atoms with E-state index in [-0.39, 0.29) is 5.91 Å². The molecule has 0 radical (unpaired) electrons. The second kappa shape index (κ2) is 3.40. The van der Waals surface area contributed by atoms with Crippen LogP contribution in [-0.2, 0) is 4.79 Å². The molecule has 0 aromatic carbocycles. The number of carbonyl (C=O) groups is 1. The van der Waals surface area contributed by atoms with E-state index in [0.717, 1.165) is 0 Å². The third-order valence-electron chi connectivity index (χ3n) is 0.536. The summed E-state index contributed by atoms with van der Waals surface area (Å²) in [4.78, 5) is 10.2. The van der Waals surface area contributed by atoms with E-state index in [0.29, 0.717) is 6.54 Å². The van der Waals surface area contributed by atoms with Crippen molar-refractivity contribution in [2.75, 3.05) is 6.54 Å². The van der Waals surface area contributed by atoms with Crippen molar-refractivity contribution in [3.8, 4) is 0 Å². The zero-order valence-corrected chi connectivity index (χ0v) is 4.40. The average molecular weight is 99.1 g/mol. The highest BCUT2D eigenvalue weighted by Gasteiger charge is 1.83. The molecule has 0 saturated heterocycles. The van der Waals surface area contributed by atoms with Gasteiger partial charge in [-0.1, -0.05) is 6.58 Å². The molecule has 0 bridgehead atoms. The van der Waals surface area contributed by atoms with Gasteiger partial charge in [0, 0.05) is 6.54 Å². The van der Waals surface area contributed by atoms with Crippen molar-refractivity contribution in [1.82, 2.24) is 5.32 Å². The predicted molar refractivity (Wildman–Crippen MR) is 28.9 cm³/mol. The van der Waals surface area contributed by atoms with Crippen LogP contribution >= 0.6 is 0 Å². The molecule has 0 atom stereocenters. The van der Waals surface area contributed by atoms with E-state index < -0.39 is 0 Å². The molecular weight excluding hydrogens is 90.1 g/mol. The normalized spacial score (nSPS) is 7.57. The first-order valence-electron chi connectivity index (χ1n) is 2.21. The zero-order chi connectivity index (χ0) is 5.70. The number of likely N-dealkylation sites (N-methyl/N-ethyl adjacent to an activating group) is 1. The van der Waals surface area contributed by atoms with Crippen molar-refractivity contribution in [3.05, 3.63) is 12.7 Å². The molecule has 0 fully saturated rings. The highest BCUT2D eigenvalue weighted by Crippen LogP contribution is 1.61. The van der Waals surface area contributed by atoms with Crippen LogP contribution in [0.15, 0.2) is 12.7 Å². The first-order chi connectivity index (χ1) is 3.31. The van der Waals surface area contributed by atoms with Gasteiger partial charge in [-0.15, -0.1) is 0 Å². The van der Waals surface area contributed by atoms with Crippen molar-refractivity contribution in [1.29, 1.82) is 0 Å². The number of amides is 1. The molecule has 2 heteroatoms. The number of hydrogen-bond acceptors (Lipinski definition) is 1. The summed E-state index contributed by atoms with van der Waals surface area (Å²) >= 11 is 0. The van der Waals surface area contributed by atoms with Gasteiger partial charge in [0.25, 0.3) is 0 Å². The van der Waals surface area contributed by atoms with Crippen LogP contribution in [0.1, 0.15) is 6.92 Å². The van der Waals surface area contributed by atoms with E-state index in [4.69, 9.17) is 0 Å². The minimum atomic E-state index is -0.109. The Kier molecular flexibility index (Phi) is 3.02. The summed E-state index contributed by atoms with van der Waals surface area (Å²) < 4.78 is 0. The maximum atomic E-state index is 10.2. The van der Waals surface area contributed by atoms with Gasteiger partial charge in [-0.3, -0.25) is 4.79 Å². The van der Waals surface area contributed by atoms with Gasteiger partial charge in [0.2, 0.25) is 5.91 Å². The Labute approximate surface area is 43.2 Å². The Balaban J connectivity index is 3.17. The quantitative estimate of drug-likeness (QED) is 0.496. The Morgan fingerprint density at radius 2 is 2.57 bits per heavy atom. The van der Waals surface area contributed by atoms with Crippen LogP contribution in [0.25, 0.3) is 0 Å². The third-order valence-corrected chi connectivity index (χ3v) is 0.536. The Morgan fingerprint density at radius 3 is 2.71 bits per heavy atom. The summed E-state index contributed by atoms with van der Waals surface area (Å²) in [5, 5.41) is 2.54. The zero-order valence-electron chi connectivity index (χ0n) is 4.40. The van der Waals surface area contributed by atoms with Gasteiger partial charge in [0.1, 0.15) is 0 Å². The molecule has 0 aliphatic rings. The standard InChI is InChI=1S/C5H9NO/c1-3-5(7)6-4-2/h3H,1,4H2,2H3,(H,6,7). The van der Waals surface area contributed by atoms with Crippen molar-refractivity contribution in [3.63, 3.8) is 0 Å². The minimum absolute atomic E-state index is 0.109. The van der Waals surface area contributed by atoms with Crippen LogP contribution in [0, 0.1) is 0 Å². The predicted octanol–water partition coefficient (Wildman–Crippen LogP) is 0.308. The molecule has 0 aliphatic heterocycles. The average Bonchev–Trinajstić information content (AvgIpc) is 1.68. The smallest absolute Gasteiger partial charge is 0.243 e. The molecule has 1 N–H and O–H groups in total. The summed E-state index contributed by atoms with van der Waals surface area (Å²) in [5.41, 5.74) is 0. The monoisotopic (exact) mass is 99.1 g/mol. The highest BCUT2D eigenvalue weighted by molar-refractivity contribution is 5.86. The molecule has 0 aromatic heterocycles. The van der Waals surface area contributed by atoms with E-state index in [9.17, 15) is 4.79 Å². The van der Waals surface area contributed by atoms with Crippen LogP contribution in [-0.4, -0.2) is 12.5 Å². The second-order valence-electron chi connectivity index (χ2n) is 1.10. The molecule has 0 rings (SSSR count). The first kappa shape index (κ1) is 6.21. The van der Waals surface area contributed by atoms with Gasteiger partial charge < -0.3 is 5.32 Å².